The Morgan fingerprint density at radius 2 is 1.94 bits per heavy atom. The Labute approximate surface area is 197 Å². The van der Waals surface area contributed by atoms with Crippen molar-refractivity contribution < 1.29 is 9.59 Å². The summed E-state index contributed by atoms with van der Waals surface area (Å²) < 4.78 is 1.01. The summed E-state index contributed by atoms with van der Waals surface area (Å²) in [6.07, 6.45) is 4.21. The van der Waals surface area contributed by atoms with Crippen LogP contribution in [0, 0.1) is 12.8 Å². The van der Waals surface area contributed by atoms with E-state index in [1.807, 2.05) is 60.8 Å². The molecule has 1 fully saturated rings. The molecule has 0 aliphatic heterocycles. The van der Waals surface area contributed by atoms with Crippen molar-refractivity contribution in [2.45, 2.75) is 49.2 Å². The molecule has 1 heterocycles. The average Bonchev–Trinajstić information content (AvgIpc) is 3.49. The largest absolute Gasteiger partial charge is 0.348 e. The highest BCUT2D eigenvalue weighted by molar-refractivity contribution is 8.00. The van der Waals surface area contributed by atoms with Gasteiger partial charge in [-0.3, -0.25) is 9.59 Å². The molecule has 0 atom stereocenters. The third-order valence-electron chi connectivity index (χ3n) is 5.58. The molecule has 1 aromatic heterocycles. The molecule has 2 N–H and O–H groups in total. The maximum atomic E-state index is 12.9. The minimum Gasteiger partial charge on any atom is -0.348 e. The Kier molecular flexibility index (Phi) is 7.60. The molecule has 32 heavy (non-hydrogen) atoms. The van der Waals surface area contributed by atoms with Gasteiger partial charge in [-0.25, -0.2) is 4.98 Å². The fraction of sp³-hybridized carbons (Fsp3) is 0.320. The number of benzene rings is 2. The van der Waals surface area contributed by atoms with Crippen LogP contribution >= 0.6 is 23.1 Å². The Morgan fingerprint density at radius 1 is 1.12 bits per heavy atom. The molecule has 7 heteroatoms. The van der Waals surface area contributed by atoms with Crippen LogP contribution in [0.15, 0.2) is 58.3 Å². The summed E-state index contributed by atoms with van der Waals surface area (Å²) in [7, 11) is 0. The highest BCUT2D eigenvalue weighted by Gasteiger charge is 2.22. The first-order valence-electron chi connectivity index (χ1n) is 10.9. The number of thiazole rings is 1. The van der Waals surface area contributed by atoms with Crippen molar-refractivity contribution in [1.82, 2.24) is 10.3 Å². The molecule has 3 aromatic rings. The highest BCUT2D eigenvalue weighted by atomic mass is 32.2. The van der Waals surface area contributed by atoms with E-state index < -0.39 is 0 Å². The summed E-state index contributed by atoms with van der Waals surface area (Å²) in [4.78, 5) is 29.8. The summed E-state index contributed by atoms with van der Waals surface area (Å²) in [5.74, 6) is 0.822. The lowest BCUT2D eigenvalue weighted by Crippen LogP contribution is -2.24. The standard InChI is InChI=1S/C25H27N3O2S2/c1-17-15-31-25(27-17)32-16-20-10-4-5-12-22(20)24(30)26-14-18-7-6-11-21(13-18)28-23(29)19-8-2-3-9-19/h4-7,10-13,15,19H,2-3,8-9,14,16H2,1H3,(H,26,30)(H,28,29). The Bertz CT molecular complexity index is 1090. The normalized spacial score (nSPS) is 13.8. The number of rotatable bonds is 8. The smallest absolute Gasteiger partial charge is 0.251 e. The summed E-state index contributed by atoms with van der Waals surface area (Å²) in [5, 5.41) is 8.08. The molecule has 4 rings (SSSR count). The molecule has 1 aliphatic carbocycles. The third-order valence-corrected chi connectivity index (χ3v) is 7.77. The van der Waals surface area contributed by atoms with E-state index >= 15 is 0 Å². The number of hydrogen-bond donors (Lipinski definition) is 2. The van der Waals surface area contributed by atoms with Gasteiger partial charge in [-0.05, 0) is 49.1 Å². The van der Waals surface area contributed by atoms with Crippen LogP contribution < -0.4 is 10.6 Å². The zero-order valence-electron chi connectivity index (χ0n) is 18.1. The van der Waals surface area contributed by atoms with Gasteiger partial charge < -0.3 is 10.6 Å². The molecule has 0 radical (unpaired) electrons. The molecule has 1 saturated carbocycles. The van der Waals surface area contributed by atoms with Crippen LogP contribution in [0.5, 0.6) is 0 Å². The van der Waals surface area contributed by atoms with Gasteiger partial charge in [0.05, 0.1) is 0 Å². The fourth-order valence-electron chi connectivity index (χ4n) is 3.87. The van der Waals surface area contributed by atoms with Crippen LogP contribution in [0.3, 0.4) is 0 Å². The highest BCUT2D eigenvalue weighted by Crippen LogP contribution is 2.28. The van der Waals surface area contributed by atoms with E-state index in [1.54, 1.807) is 23.1 Å². The lowest BCUT2D eigenvalue weighted by Gasteiger charge is -2.12. The van der Waals surface area contributed by atoms with E-state index in [0.717, 1.165) is 52.5 Å². The zero-order chi connectivity index (χ0) is 22.3. The van der Waals surface area contributed by atoms with Crippen molar-refractivity contribution in [3.63, 3.8) is 0 Å². The first-order chi connectivity index (χ1) is 15.6. The Morgan fingerprint density at radius 3 is 2.72 bits per heavy atom. The summed E-state index contributed by atoms with van der Waals surface area (Å²) >= 11 is 3.27. The van der Waals surface area contributed by atoms with Gasteiger partial charge in [-0.15, -0.1) is 11.3 Å². The van der Waals surface area contributed by atoms with Gasteiger partial charge >= 0.3 is 0 Å². The SMILES string of the molecule is Cc1csc(SCc2ccccc2C(=O)NCc2cccc(NC(=O)C3CCCC3)c2)n1. The molecule has 2 aromatic carbocycles. The van der Waals surface area contributed by atoms with Gasteiger partial charge in [0.25, 0.3) is 5.91 Å². The Hall–Kier alpha value is -2.64. The van der Waals surface area contributed by atoms with Crippen LogP contribution in [-0.2, 0) is 17.1 Å². The quantitative estimate of drug-likeness (QED) is 0.412. The van der Waals surface area contributed by atoms with Crippen molar-refractivity contribution in [2.24, 2.45) is 5.92 Å². The number of anilines is 1. The van der Waals surface area contributed by atoms with Gasteiger partial charge in [0.15, 0.2) is 0 Å². The molecule has 2 amide bonds. The van der Waals surface area contributed by atoms with Gasteiger partial charge in [0.1, 0.15) is 4.34 Å². The number of carbonyl (C=O) groups excluding carboxylic acids is 2. The number of amides is 2. The maximum absolute atomic E-state index is 12.9. The first-order valence-corrected chi connectivity index (χ1v) is 12.8. The van der Waals surface area contributed by atoms with Crippen molar-refractivity contribution in [1.29, 1.82) is 0 Å². The number of hydrogen-bond acceptors (Lipinski definition) is 5. The molecule has 0 spiro atoms. The van der Waals surface area contributed by atoms with Gasteiger partial charge in [-0.1, -0.05) is 54.9 Å². The van der Waals surface area contributed by atoms with E-state index in [4.69, 9.17) is 0 Å². The van der Waals surface area contributed by atoms with Crippen LogP contribution in [0.1, 0.15) is 52.9 Å². The summed E-state index contributed by atoms with van der Waals surface area (Å²) in [5.41, 5.74) is 4.42. The molecule has 0 bridgehead atoms. The van der Waals surface area contributed by atoms with Gasteiger partial charge in [0.2, 0.25) is 5.91 Å². The molecular formula is C25H27N3O2S2. The lowest BCUT2D eigenvalue weighted by atomic mass is 10.1. The second-order valence-electron chi connectivity index (χ2n) is 8.05. The van der Waals surface area contributed by atoms with Crippen LogP contribution in [-0.4, -0.2) is 16.8 Å². The molecule has 0 unspecified atom stereocenters. The second kappa shape index (κ2) is 10.8. The summed E-state index contributed by atoms with van der Waals surface area (Å²) in [6, 6.07) is 15.4. The first kappa shape index (κ1) is 22.6. The van der Waals surface area contributed by atoms with Gasteiger partial charge in [0, 0.05) is 40.5 Å². The fourth-order valence-corrected chi connectivity index (χ4v) is 5.73. The predicted molar refractivity (Wildman–Crippen MR) is 131 cm³/mol. The van der Waals surface area contributed by atoms with E-state index in [9.17, 15) is 9.59 Å². The van der Waals surface area contributed by atoms with Crippen molar-refractivity contribution in [2.75, 3.05) is 5.32 Å². The van der Waals surface area contributed by atoms with Crippen LogP contribution in [0.4, 0.5) is 5.69 Å². The molecule has 1 aliphatic rings. The van der Waals surface area contributed by atoms with Crippen molar-refractivity contribution >= 4 is 40.6 Å². The van der Waals surface area contributed by atoms with E-state index in [2.05, 4.69) is 15.6 Å². The number of nitrogens with zero attached hydrogens (tertiary/aromatic N) is 1. The predicted octanol–water partition coefficient (Wildman–Crippen LogP) is 5.80. The minimum absolute atomic E-state index is 0.100. The third kappa shape index (κ3) is 5.99. The number of aryl methyl sites for hydroxylation is 1. The zero-order valence-corrected chi connectivity index (χ0v) is 19.7. The van der Waals surface area contributed by atoms with Crippen molar-refractivity contribution in [3.05, 3.63) is 76.3 Å². The average molecular weight is 466 g/mol. The Balaban J connectivity index is 1.35. The molecular weight excluding hydrogens is 438 g/mol. The van der Waals surface area contributed by atoms with Crippen LogP contribution in [0.2, 0.25) is 0 Å². The number of carbonyl (C=O) groups is 2. The molecule has 5 nitrogen and oxygen atoms in total. The minimum atomic E-state index is -0.100. The maximum Gasteiger partial charge on any atom is 0.251 e. The van der Waals surface area contributed by atoms with E-state index in [1.165, 1.54) is 0 Å². The number of nitrogens with one attached hydrogen (secondary N) is 2. The summed E-state index contributed by atoms with van der Waals surface area (Å²) in [6.45, 7) is 2.39. The number of thioether (sulfide) groups is 1. The lowest BCUT2D eigenvalue weighted by molar-refractivity contribution is -0.119. The van der Waals surface area contributed by atoms with Crippen molar-refractivity contribution in [3.8, 4) is 0 Å². The molecule has 166 valence electrons. The second-order valence-corrected chi connectivity index (χ2v) is 10.1. The topological polar surface area (TPSA) is 71.1 Å². The van der Waals surface area contributed by atoms with E-state index in [0.29, 0.717) is 17.9 Å². The monoisotopic (exact) mass is 465 g/mol. The number of aromatic nitrogens is 1. The molecule has 0 saturated heterocycles. The van der Waals surface area contributed by atoms with Gasteiger partial charge in [-0.2, -0.15) is 0 Å². The van der Waals surface area contributed by atoms with E-state index in [-0.39, 0.29) is 17.7 Å². The van der Waals surface area contributed by atoms with Crippen LogP contribution in [0.25, 0.3) is 0 Å².